The Balaban J connectivity index is 1.30. The van der Waals surface area contributed by atoms with Crippen LogP contribution in [0.15, 0.2) is 41.8 Å². The zero-order chi connectivity index (χ0) is 26.6. The maximum absolute atomic E-state index is 15.3. The third kappa shape index (κ3) is 4.13. The van der Waals surface area contributed by atoms with Crippen molar-refractivity contribution in [3.05, 3.63) is 69.4 Å². The van der Waals surface area contributed by atoms with E-state index in [9.17, 15) is 14.7 Å². The number of aromatic nitrogens is 3. The molecule has 10 heteroatoms. The standard InChI is InChI=1S/C28H28FN5O3S/c1-3-18-13-24(27(35)33-10-7-25-20(16(33)2)8-11-38-25)30-26-14-23(31-34(18)26)21-5-4-19(12-22(21)29)32-9-6-17(15-32)28(36)37/h4-5,8,11-14,16-17H,3,6-7,9-10,15H2,1-2H3,(H,36,37)/t16-,17+/m1/s1. The van der Waals surface area contributed by atoms with Gasteiger partial charge in [0, 0.05) is 47.5 Å². The largest absolute Gasteiger partial charge is 0.481 e. The first-order valence-electron chi connectivity index (χ1n) is 12.9. The summed E-state index contributed by atoms with van der Waals surface area (Å²) in [6.07, 6.45) is 2.01. The SMILES string of the molecule is CCc1cc(C(=O)N2CCc3sccc3[C@H]2C)nc2cc(-c3ccc(N4CC[C@H](C(=O)O)C4)cc3F)nn12. The number of carbonyl (C=O) groups excluding carboxylic acids is 1. The monoisotopic (exact) mass is 533 g/mol. The first-order chi connectivity index (χ1) is 18.3. The lowest BCUT2D eigenvalue weighted by atomic mass is 10.0. The lowest BCUT2D eigenvalue weighted by molar-refractivity contribution is -0.140. The summed E-state index contributed by atoms with van der Waals surface area (Å²) in [5, 5.41) is 16.0. The topological polar surface area (TPSA) is 91.0 Å². The van der Waals surface area contributed by atoms with Crippen LogP contribution in [-0.2, 0) is 17.6 Å². The zero-order valence-electron chi connectivity index (χ0n) is 21.2. The molecule has 0 spiro atoms. The molecular weight excluding hydrogens is 505 g/mol. The molecular formula is C28H28FN5O3S. The molecule has 2 aliphatic heterocycles. The van der Waals surface area contributed by atoms with E-state index in [0.717, 1.165) is 12.1 Å². The zero-order valence-corrected chi connectivity index (χ0v) is 22.0. The van der Waals surface area contributed by atoms with Crippen LogP contribution in [0.2, 0.25) is 0 Å². The van der Waals surface area contributed by atoms with Crippen LogP contribution in [0.1, 0.15) is 52.9 Å². The summed E-state index contributed by atoms with van der Waals surface area (Å²) in [6.45, 7) is 5.63. The van der Waals surface area contributed by atoms with Crippen molar-refractivity contribution in [1.29, 1.82) is 0 Å². The van der Waals surface area contributed by atoms with Gasteiger partial charge in [-0.3, -0.25) is 9.59 Å². The maximum atomic E-state index is 15.3. The maximum Gasteiger partial charge on any atom is 0.308 e. The van der Waals surface area contributed by atoms with Crippen molar-refractivity contribution in [2.45, 2.75) is 39.2 Å². The fourth-order valence-electron chi connectivity index (χ4n) is 5.57. The van der Waals surface area contributed by atoms with E-state index in [-0.39, 0.29) is 11.9 Å². The molecule has 0 radical (unpaired) electrons. The number of aliphatic carboxylic acids is 1. The van der Waals surface area contributed by atoms with Crippen LogP contribution in [0, 0.1) is 11.7 Å². The van der Waals surface area contributed by atoms with Gasteiger partial charge in [-0.25, -0.2) is 13.9 Å². The molecule has 3 aromatic heterocycles. The Kier molecular flexibility index (Phi) is 6.14. The average molecular weight is 534 g/mol. The van der Waals surface area contributed by atoms with Crippen molar-refractivity contribution in [2.75, 3.05) is 24.5 Å². The van der Waals surface area contributed by atoms with Gasteiger partial charge in [-0.1, -0.05) is 6.92 Å². The second-order valence-electron chi connectivity index (χ2n) is 9.94. The third-order valence-corrected chi connectivity index (χ3v) is 8.75. The van der Waals surface area contributed by atoms with Crippen LogP contribution in [0.4, 0.5) is 10.1 Å². The number of anilines is 1. The highest BCUT2D eigenvalue weighted by Gasteiger charge is 2.31. The highest BCUT2D eigenvalue weighted by molar-refractivity contribution is 7.10. The van der Waals surface area contributed by atoms with Gasteiger partial charge in [0.1, 0.15) is 11.5 Å². The average Bonchev–Trinajstić information content (AvgIpc) is 3.67. The Morgan fingerprint density at radius 1 is 1.18 bits per heavy atom. The summed E-state index contributed by atoms with van der Waals surface area (Å²) in [5.74, 6) is -1.81. The normalized spacial score (nSPS) is 19.2. The number of hydrogen-bond acceptors (Lipinski definition) is 6. The van der Waals surface area contributed by atoms with Crippen LogP contribution in [-0.4, -0.2) is 56.1 Å². The van der Waals surface area contributed by atoms with Crippen LogP contribution < -0.4 is 4.90 Å². The number of fused-ring (bicyclic) bond motifs is 2. The number of benzene rings is 1. The molecule has 196 valence electrons. The molecule has 2 atom stereocenters. The number of rotatable bonds is 5. The van der Waals surface area contributed by atoms with Gasteiger partial charge < -0.3 is 14.9 Å². The predicted octanol–water partition coefficient (Wildman–Crippen LogP) is 4.83. The molecule has 0 aliphatic carbocycles. The number of nitrogens with zero attached hydrogens (tertiary/aromatic N) is 5. The van der Waals surface area contributed by atoms with Gasteiger partial charge >= 0.3 is 5.97 Å². The second kappa shape index (κ2) is 9.50. The molecule has 6 rings (SSSR count). The quantitative estimate of drug-likeness (QED) is 0.395. The Labute approximate surface area is 223 Å². The third-order valence-electron chi connectivity index (χ3n) is 7.75. The Morgan fingerprint density at radius 3 is 2.76 bits per heavy atom. The molecule has 0 bridgehead atoms. The van der Waals surface area contributed by atoms with Crippen LogP contribution in [0.5, 0.6) is 0 Å². The van der Waals surface area contributed by atoms with Gasteiger partial charge in [0.2, 0.25) is 0 Å². The molecule has 1 amide bonds. The molecule has 0 saturated carbocycles. The summed E-state index contributed by atoms with van der Waals surface area (Å²) in [6, 6.07) is 10.5. The molecule has 38 heavy (non-hydrogen) atoms. The molecule has 5 heterocycles. The van der Waals surface area contributed by atoms with Gasteiger partial charge in [0.15, 0.2) is 5.65 Å². The minimum Gasteiger partial charge on any atom is -0.481 e. The predicted molar refractivity (Wildman–Crippen MR) is 143 cm³/mol. The van der Waals surface area contributed by atoms with Crippen molar-refractivity contribution in [3.63, 3.8) is 0 Å². The van der Waals surface area contributed by atoms with Crippen molar-refractivity contribution in [2.24, 2.45) is 5.92 Å². The molecule has 0 unspecified atom stereocenters. The van der Waals surface area contributed by atoms with E-state index < -0.39 is 17.7 Å². The lowest BCUT2D eigenvalue weighted by Gasteiger charge is -2.33. The number of carboxylic acid groups (broad SMARTS) is 1. The van der Waals surface area contributed by atoms with E-state index >= 15 is 4.39 Å². The minimum atomic E-state index is -0.822. The number of carbonyl (C=O) groups is 2. The minimum absolute atomic E-state index is 0.0185. The number of carboxylic acids is 1. The summed E-state index contributed by atoms with van der Waals surface area (Å²) < 4.78 is 16.9. The Hall–Kier alpha value is -3.79. The summed E-state index contributed by atoms with van der Waals surface area (Å²) in [7, 11) is 0. The van der Waals surface area contributed by atoms with E-state index in [1.54, 1.807) is 40.1 Å². The molecule has 1 saturated heterocycles. The smallest absolute Gasteiger partial charge is 0.308 e. The second-order valence-corrected chi connectivity index (χ2v) is 10.9. The van der Waals surface area contributed by atoms with Gasteiger partial charge in [-0.2, -0.15) is 5.10 Å². The number of halogens is 1. The first kappa shape index (κ1) is 24.5. The lowest BCUT2D eigenvalue weighted by Crippen LogP contribution is -2.38. The van der Waals surface area contributed by atoms with Crippen molar-refractivity contribution in [3.8, 4) is 11.3 Å². The van der Waals surface area contributed by atoms with Crippen molar-refractivity contribution >= 4 is 34.5 Å². The number of aryl methyl sites for hydroxylation is 1. The molecule has 1 fully saturated rings. The highest BCUT2D eigenvalue weighted by atomic mass is 32.1. The van der Waals surface area contributed by atoms with Gasteiger partial charge in [-0.15, -0.1) is 11.3 Å². The van der Waals surface area contributed by atoms with Gasteiger partial charge in [-0.05, 0) is 67.5 Å². The molecule has 2 aliphatic rings. The molecule has 4 aromatic rings. The highest BCUT2D eigenvalue weighted by Crippen LogP contribution is 2.34. The van der Waals surface area contributed by atoms with Crippen LogP contribution >= 0.6 is 11.3 Å². The van der Waals surface area contributed by atoms with E-state index in [4.69, 9.17) is 0 Å². The number of amides is 1. The van der Waals surface area contributed by atoms with Crippen molar-refractivity contribution in [1.82, 2.24) is 19.5 Å². The first-order valence-corrected chi connectivity index (χ1v) is 13.8. The van der Waals surface area contributed by atoms with E-state index in [1.165, 1.54) is 16.5 Å². The number of hydrogen-bond donors (Lipinski definition) is 1. The summed E-state index contributed by atoms with van der Waals surface area (Å²) in [5.41, 5.74) is 4.30. The molecule has 1 aromatic carbocycles. The Bertz CT molecular complexity index is 1560. The van der Waals surface area contributed by atoms with Gasteiger partial charge in [0.25, 0.3) is 5.91 Å². The van der Waals surface area contributed by atoms with E-state index in [0.29, 0.717) is 60.8 Å². The molecule has 1 N–H and O–H groups in total. The summed E-state index contributed by atoms with van der Waals surface area (Å²) in [4.78, 5) is 34.6. The fraction of sp³-hybridized carbons (Fsp3) is 0.357. The summed E-state index contributed by atoms with van der Waals surface area (Å²) >= 11 is 1.74. The van der Waals surface area contributed by atoms with Crippen LogP contribution in [0.3, 0.4) is 0 Å². The fourth-order valence-corrected chi connectivity index (χ4v) is 6.53. The van der Waals surface area contributed by atoms with E-state index in [1.807, 2.05) is 16.7 Å². The number of thiophene rings is 1. The van der Waals surface area contributed by atoms with E-state index in [2.05, 4.69) is 28.5 Å². The van der Waals surface area contributed by atoms with Crippen LogP contribution in [0.25, 0.3) is 16.9 Å². The van der Waals surface area contributed by atoms with Gasteiger partial charge in [0.05, 0.1) is 17.7 Å². The Morgan fingerprint density at radius 2 is 2.03 bits per heavy atom. The molecule has 8 nitrogen and oxygen atoms in total. The van der Waals surface area contributed by atoms with Crippen molar-refractivity contribution < 1.29 is 19.1 Å².